The van der Waals surface area contributed by atoms with E-state index in [0.717, 1.165) is 64.6 Å². The average molecular weight is 537 g/mol. The summed E-state index contributed by atoms with van der Waals surface area (Å²) in [5.41, 5.74) is 2.27. The SMILES string of the molecule is CC1CCCN1C(=O)CN1C(=O)C2(CCC(Oc3ccc4[nH]ncc4c3)CC2)c2c(Br)cccc21. The molecule has 2 fully saturated rings. The van der Waals surface area contributed by atoms with Crippen molar-refractivity contribution in [3.63, 3.8) is 0 Å². The number of anilines is 1. The van der Waals surface area contributed by atoms with Gasteiger partial charge in [-0.25, -0.2) is 0 Å². The number of likely N-dealkylation sites (tertiary alicyclic amines) is 1. The van der Waals surface area contributed by atoms with Crippen molar-refractivity contribution in [2.45, 2.75) is 63.0 Å². The Kier molecular flexibility index (Phi) is 5.59. The van der Waals surface area contributed by atoms with Crippen LogP contribution in [-0.2, 0) is 15.0 Å². The molecular formula is C27H29BrN4O3. The fourth-order valence-electron chi connectivity index (χ4n) is 6.23. The largest absolute Gasteiger partial charge is 0.490 e. The number of amides is 2. The van der Waals surface area contributed by atoms with Gasteiger partial charge in [-0.1, -0.05) is 22.0 Å². The Hall–Kier alpha value is -2.87. The minimum Gasteiger partial charge on any atom is -0.490 e. The fraction of sp³-hybridized carbons (Fsp3) is 0.444. The van der Waals surface area contributed by atoms with E-state index in [9.17, 15) is 9.59 Å². The average Bonchev–Trinajstić information content (AvgIpc) is 3.55. The van der Waals surface area contributed by atoms with E-state index in [1.165, 1.54) is 0 Å². The van der Waals surface area contributed by atoms with Crippen molar-refractivity contribution >= 4 is 44.3 Å². The smallest absolute Gasteiger partial charge is 0.242 e. The number of nitrogens with zero attached hydrogens (tertiary/aromatic N) is 3. The van der Waals surface area contributed by atoms with Crippen molar-refractivity contribution in [1.82, 2.24) is 15.1 Å². The second kappa shape index (κ2) is 8.66. The lowest BCUT2D eigenvalue weighted by atomic mass is 9.69. The number of benzene rings is 2. The molecule has 2 amide bonds. The van der Waals surface area contributed by atoms with E-state index in [4.69, 9.17) is 4.74 Å². The summed E-state index contributed by atoms with van der Waals surface area (Å²) in [6, 6.07) is 12.1. The first-order chi connectivity index (χ1) is 17.0. The Labute approximate surface area is 212 Å². The molecule has 3 aromatic rings. The lowest BCUT2D eigenvalue weighted by Crippen LogP contribution is -2.48. The number of halogens is 1. The molecule has 8 heteroatoms. The van der Waals surface area contributed by atoms with Gasteiger partial charge in [-0.3, -0.25) is 14.7 Å². The number of nitrogens with one attached hydrogen (secondary N) is 1. The van der Waals surface area contributed by atoms with Crippen LogP contribution in [0.2, 0.25) is 0 Å². The molecular weight excluding hydrogens is 508 g/mol. The molecule has 1 aliphatic carbocycles. The van der Waals surface area contributed by atoms with E-state index >= 15 is 0 Å². The Morgan fingerprint density at radius 2 is 2.06 bits per heavy atom. The van der Waals surface area contributed by atoms with Crippen molar-refractivity contribution in [3.8, 4) is 5.75 Å². The van der Waals surface area contributed by atoms with E-state index in [1.807, 2.05) is 41.3 Å². The minimum absolute atomic E-state index is 0.0398. The van der Waals surface area contributed by atoms with Crippen LogP contribution in [0.3, 0.4) is 0 Å². The van der Waals surface area contributed by atoms with Crippen molar-refractivity contribution in [2.75, 3.05) is 18.0 Å². The van der Waals surface area contributed by atoms with Crippen molar-refractivity contribution in [2.24, 2.45) is 0 Å². The number of hydrogen-bond acceptors (Lipinski definition) is 4. The second-order valence-electron chi connectivity index (χ2n) is 10.1. The van der Waals surface area contributed by atoms with Crippen molar-refractivity contribution in [1.29, 1.82) is 0 Å². The maximum atomic E-state index is 14.0. The van der Waals surface area contributed by atoms with Crippen LogP contribution < -0.4 is 9.64 Å². The molecule has 1 N–H and O–H groups in total. The molecule has 3 aliphatic rings. The normalized spacial score (nSPS) is 26.1. The summed E-state index contributed by atoms with van der Waals surface area (Å²) in [7, 11) is 0. The van der Waals surface area contributed by atoms with E-state index < -0.39 is 5.41 Å². The van der Waals surface area contributed by atoms with Gasteiger partial charge in [-0.05, 0) is 75.8 Å². The van der Waals surface area contributed by atoms with E-state index in [2.05, 4.69) is 33.1 Å². The van der Waals surface area contributed by atoms with Gasteiger partial charge >= 0.3 is 0 Å². The summed E-state index contributed by atoms with van der Waals surface area (Å²) in [5.74, 6) is 0.919. The summed E-state index contributed by atoms with van der Waals surface area (Å²) in [6.45, 7) is 2.98. The number of aromatic amines is 1. The number of ether oxygens (including phenoxy) is 1. The Bertz CT molecular complexity index is 1300. The molecule has 1 saturated carbocycles. The van der Waals surface area contributed by atoms with Gasteiger partial charge < -0.3 is 14.5 Å². The van der Waals surface area contributed by atoms with Gasteiger partial charge in [0.15, 0.2) is 0 Å². The predicted molar refractivity (Wildman–Crippen MR) is 138 cm³/mol. The predicted octanol–water partition coefficient (Wildman–Crippen LogP) is 4.94. The van der Waals surface area contributed by atoms with Gasteiger partial charge in [-0.15, -0.1) is 0 Å². The molecule has 1 unspecified atom stereocenters. The topological polar surface area (TPSA) is 78.5 Å². The first-order valence-electron chi connectivity index (χ1n) is 12.5. The number of H-pyrrole nitrogens is 1. The van der Waals surface area contributed by atoms with Crippen LogP contribution in [0, 0.1) is 0 Å². The molecule has 1 saturated heterocycles. The van der Waals surface area contributed by atoms with Gasteiger partial charge in [0.25, 0.3) is 0 Å². The third-order valence-corrected chi connectivity index (χ3v) is 8.74. The van der Waals surface area contributed by atoms with Crippen LogP contribution in [0.1, 0.15) is 51.0 Å². The van der Waals surface area contributed by atoms with Crippen molar-refractivity contribution in [3.05, 3.63) is 52.6 Å². The van der Waals surface area contributed by atoms with E-state index in [1.54, 1.807) is 11.1 Å². The van der Waals surface area contributed by atoms with E-state index in [0.29, 0.717) is 12.8 Å². The lowest BCUT2D eigenvalue weighted by molar-refractivity contribution is -0.133. The highest BCUT2D eigenvalue weighted by Crippen LogP contribution is 2.53. The Morgan fingerprint density at radius 1 is 1.23 bits per heavy atom. The molecule has 1 aromatic heterocycles. The zero-order valence-electron chi connectivity index (χ0n) is 19.8. The maximum absolute atomic E-state index is 14.0. The summed E-state index contributed by atoms with van der Waals surface area (Å²) in [4.78, 5) is 30.8. The second-order valence-corrected chi connectivity index (χ2v) is 11.0. The monoisotopic (exact) mass is 536 g/mol. The Morgan fingerprint density at radius 3 is 2.83 bits per heavy atom. The van der Waals surface area contributed by atoms with Gasteiger partial charge in [0.2, 0.25) is 11.8 Å². The summed E-state index contributed by atoms with van der Waals surface area (Å²) < 4.78 is 7.26. The zero-order chi connectivity index (χ0) is 24.2. The van der Waals surface area contributed by atoms with Crippen LogP contribution in [0.4, 0.5) is 5.69 Å². The molecule has 2 aliphatic heterocycles. The maximum Gasteiger partial charge on any atom is 0.242 e. The quantitative estimate of drug-likeness (QED) is 0.512. The summed E-state index contributed by atoms with van der Waals surface area (Å²) in [5, 5.41) is 8.06. The van der Waals surface area contributed by atoms with Gasteiger partial charge in [0.05, 0.1) is 23.2 Å². The Balaban J connectivity index is 1.22. The fourth-order valence-corrected chi connectivity index (χ4v) is 6.96. The number of aromatic nitrogens is 2. The van der Waals surface area contributed by atoms with Gasteiger partial charge in [0, 0.05) is 33.7 Å². The number of carbonyl (C=O) groups excluding carboxylic acids is 2. The van der Waals surface area contributed by atoms with E-state index in [-0.39, 0.29) is 30.5 Å². The first kappa shape index (κ1) is 22.6. The third kappa shape index (κ3) is 3.73. The van der Waals surface area contributed by atoms with Crippen LogP contribution in [-0.4, -0.2) is 52.1 Å². The highest BCUT2D eigenvalue weighted by atomic mass is 79.9. The van der Waals surface area contributed by atoms with Crippen LogP contribution in [0.15, 0.2) is 47.1 Å². The molecule has 1 spiro atoms. The first-order valence-corrected chi connectivity index (χ1v) is 13.3. The van der Waals surface area contributed by atoms with Gasteiger partial charge in [-0.2, -0.15) is 5.10 Å². The minimum atomic E-state index is -0.610. The van der Waals surface area contributed by atoms with Crippen LogP contribution in [0.25, 0.3) is 10.9 Å². The van der Waals surface area contributed by atoms with Crippen LogP contribution in [0.5, 0.6) is 5.75 Å². The molecule has 0 radical (unpaired) electrons. The molecule has 182 valence electrons. The highest BCUT2D eigenvalue weighted by Gasteiger charge is 2.54. The molecule has 1 atom stereocenters. The summed E-state index contributed by atoms with van der Waals surface area (Å²) in [6.07, 6.45) is 6.85. The van der Waals surface area contributed by atoms with Crippen molar-refractivity contribution < 1.29 is 14.3 Å². The van der Waals surface area contributed by atoms with Gasteiger partial charge in [0.1, 0.15) is 12.3 Å². The third-order valence-electron chi connectivity index (χ3n) is 8.08. The number of fused-ring (bicyclic) bond motifs is 3. The number of carbonyl (C=O) groups is 2. The molecule has 0 bridgehead atoms. The zero-order valence-corrected chi connectivity index (χ0v) is 21.4. The lowest BCUT2D eigenvalue weighted by Gasteiger charge is -2.37. The molecule has 3 heterocycles. The highest BCUT2D eigenvalue weighted by molar-refractivity contribution is 9.10. The van der Waals surface area contributed by atoms with Crippen LogP contribution >= 0.6 is 15.9 Å². The standard InChI is InChI=1S/C27H29BrN4O3/c1-17-4-3-13-31(17)24(33)16-32-23-6-2-5-21(28)25(23)27(26(32)34)11-9-19(10-12-27)35-20-7-8-22-18(14-20)15-29-30-22/h2,5-8,14-15,17,19H,3-4,9-13,16H2,1H3,(H,29,30). The molecule has 2 aromatic carbocycles. The number of hydrogen-bond donors (Lipinski definition) is 1. The molecule has 35 heavy (non-hydrogen) atoms. The summed E-state index contributed by atoms with van der Waals surface area (Å²) >= 11 is 3.73. The molecule has 6 rings (SSSR count). The number of rotatable bonds is 4. The molecule has 7 nitrogen and oxygen atoms in total.